The van der Waals surface area contributed by atoms with Crippen molar-refractivity contribution in [2.45, 2.75) is 19.6 Å². The Morgan fingerprint density at radius 3 is 2.94 bits per heavy atom. The monoisotopic (exact) mass is 265 g/mol. The van der Waals surface area contributed by atoms with Gasteiger partial charge in [0.05, 0.1) is 6.61 Å². The minimum atomic E-state index is 0.551. The fourth-order valence-electron chi connectivity index (χ4n) is 1.65. The fourth-order valence-corrected chi connectivity index (χ4v) is 1.86. The van der Waals surface area contributed by atoms with E-state index in [1.165, 1.54) is 0 Å². The van der Waals surface area contributed by atoms with Crippen LogP contribution in [0.5, 0.6) is 0 Å². The molecule has 2 aromatic rings. The Kier molecular flexibility index (Phi) is 4.61. The van der Waals surface area contributed by atoms with E-state index < -0.39 is 0 Å². The highest BCUT2D eigenvalue weighted by Gasteiger charge is 1.97. The second-order valence-electron chi connectivity index (χ2n) is 4.04. The van der Waals surface area contributed by atoms with Gasteiger partial charge in [0.2, 0.25) is 0 Å². The van der Waals surface area contributed by atoms with Gasteiger partial charge in [0.1, 0.15) is 5.82 Å². The van der Waals surface area contributed by atoms with Gasteiger partial charge in [0, 0.05) is 24.4 Å². The first-order valence-electron chi connectivity index (χ1n) is 5.85. The van der Waals surface area contributed by atoms with Crippen LogP contribution in [0.2, 0.25) is 5.02 Å². The molecule has 4 nitrogen and oxygen atoms in total. The van der Waals surface area contributed by atoms with Crippen molar-refractivity contribution in [2.24, 2.45) is 0 Å². The molecule has 0 aliphatic carbocycles. The summed E-state index contributed by atoms with van der Waals surface area (Å²) in [5.74, 6) is 0.551. The molecule has 2 rings (SSSR count). The molecule has 0 atom stereocenters. The molecule has 0 fully saturated rings. The van der Waals surface area contributed by atoms with Crippen LogP contribution in [0.15, 0.2) is 36.5 Å². The summed E-state index contributed by atoms with van der Waals surface area (Å²) in [6, 6.07) is 9.48. The summed E-state index contributed by atoms with van der Waals surface area (Å²) < 4.78 is 7.39. The molecule has 2 N–H and O–H groups in total. The van der Waals surface area contributed by atoms with Gasteiger partial charge in [-0.1, -0.05) is 23.7 Å². The number of nitrogen functional groups attached to an aromatic ring is 1. The van der Waals surface area contributed by atoms with Crippen molar-refractivity contribution < 1.29 is 4.74 Å². The van der Waals surface area contributed by atoms with Crippen molar-refractivity contribution in [3.63, 3.8) is 0 Å². The van der Waals surface area contributed by atoms with Crippen LogP contribution in [0.25, 0.3) is 0 Å². The van der Waals surface area contributed by atoms with Crippen LogP contribution in [0.1, 0.15) is 12.0 Å². The third-order valence-corrected chi connectivity index (χ3v) is 2.73. The van der Waals surface area contributed by atoms with Gasteiger partial charge in [-0.15, -0.1) is 0 Å². The summed E-state index contributed by atoms with van der Waals surface area (Å²) in [5, 5.41) is 4.84. The SMILES string of the molecule is Nc1ccn(CCCOCc2cccc(Cl)c2)n1. The Morgan fingerprint density at radius 1 is 1.33 bits per heavy atom. The number of anilines is 1. The summed E-state index contributed by atoms with van der Waals surface area (Å²) in [6.45, 7) is 2.08. The molecule has 0 saturated heterocycles. The van der Waals surface area contributed by atoms with Gasteiger partial charge in [0.25, 0.3) is 0 Å². The molecule has 96 valence electrons. The quantitative estimate of drug-likeness (QED) is 0.817. The van der Waals surface area contributed by atoms with Gasteiger partial charge in [-0.25, -0.2) is 0 Å². The average molecular weight is 266 g/mol. The maximum atomic E-state index is 5.89. The van der Waals surface area contributed by atoms with Crippen molar-refractivity contribution in [3.8, 4) is 0 Å². The van der Waals surface area contributed by atoms with Crippen LogP contribution in [0.4, 0.5) is 5.82 Å². The van der Waals surface area contributed by atoms with Gasteiger partial charge in [0.15, 0.2) is 0 Å². The Balaban J connectivity index is 1.64. The van der Waals surface area contributed by atoms with Gasteiger partial charge in [-0.2, -0.15) is 5.10 Å². The number of nitrogens with two attached hydrogens (primary N) is 1. The predicted octanol–water partition coefficient (Wildman–Crippen LogP) is 2.73. The molecule has 0 amide bonds. The lowest BCUT2D eigenvalue weighted by atomic mass is 10.2. The van der Waals surface area contributed by atoms with Crippen molar-refractivity contribution in [1.82, 2.24) is 9.78 Å². The van der Waals surface area contributed by atoms with Crippen LogP contribution in [-0.2, 0) is 17.9 Å². The zero-order valence-corrected chi connectivity index (χ0v) is 10.8. The minimum Gasteiger partial charge on any atom is -0.382 e. The van der Waals surface area contributed by atoms with Gasteiger partial charge in [-0.3, -0.25) is 4.68 Å². The van der Waals surface area contributed by atoms with Crippen LogP contribution >= 0.6 is 11.6 Å². The van der Waals surface area contributed by atoms with E-state index >= 15 is 0 Å². The number of ether oxygens (including phenoxy) is 1. The Bertz CT molecular complexity index is 498. The van der Waals surface area contributed by atoms with E-state index in [2.05, 4.69) is 5.10 Å². The number of rotatable bonds is 6. The lowest BCUT2D eigenvalue weighted by Gasteiger charge is -2.05. The maximum Gasteiger partial charge on any atom is 0.145 e. The second-order valence-corrected chi connectivity index (χ2v) is 4.48. The number of aromatic nitrogens is 2. The van der Waals surface area contributed by atoms with Crippen molar-refractivity contribution >= 4 is 17.4 Å². The summed E-state index contributed by atoms with van der Waals surface area (Å²) in [6.07, 6.45) is 2.77. The molecule has 18 heavy (non-hydrogen) atoms. The number of benzene rings is 1. The van der Waals surface area contributed by atoms with Crippen molar-refractivity contribution in [1.29, 1.82) is 0 Å². The molecular weight excluding hydrogens is 250 g/mol. The zero-order chi connectivity index (χ0) is 12.8. The zero-order valence-electron chi connectivity index (χ0n) is 10.1. The number of hydrogen-bond acceptors (Lipinski definition) is 3. The molecule has 0 aliphatic heterocycles. The summed E-state index contributed by atoms with van der Waals surface area (Å²) in [5.41, 5.74) is 6.61. The molecular formula is C13H16ClN3O. The van der Waals surface area contributed by atoms with E-state index in [-0.39, 0.29) is 0 Å². The Morgan fingerprint density at radius 2 is 2.22 bits per heavy atom. The third-order valence-electron chi connectivity index (χ3n) is 2.49. The lowest BCUT2D eigenvalue weighted by Crippen LogP contribution is -2.04. The molecule has 0 aliphatic rings. The smallest absolute Gasteiger partial charge is 0.145 e. The fraction of sp³-hybridized carbons (Fsp3) is 0.308. The first kappa shape index (κ1) is 12.9. The van der Waals surface area contributed by atoms with E-state index in [1.807, 2.05) is 35.1 Å². The molecule has 1 aromatic carbocycles. The molecule has 0 saturated carbocycles. The first-order chi connectivity index (χ1) is 8.74. The maximum absolute atomic E-state index is 5.89. The number of nitrogens with zero attached hydrogens (tertiary/aromatic N) is 2. The minimum absolute atomic E-state index is 0.551. The molecule has 5 heteroatoms. The first-order valence-corrected chi connectivity index (χ1v) is 6.23. The second kappa shape index (κ2) is 6.42. The predicted molar refractivity (Wildman–Crippen MR) is 72.4 cm³/mol. The Hall–Kier alpha value is -1.52. The molecule has 0 unspecified atom stereocenters. The van der Waals surface area contributed by atoms with Crippen molar-refractivity contribution in [2.75, 3.05) is 12.3 Å². The largest absolute Gasteiger partial charge is 0.382 e. The topological polar surface area (TPSA) is 53.1 Å². The van der Waals surface area contributed by atoms with Gasteiger partial charge in [-0.05, 0) is 30.2 Å². The molecule has 0 spiro atoms. The van der Waals surface area contributed by atoms with E-state index in [1.54, 1.807) is 6.07 Å². The highest BCUT2D eigenvalue weighted by molar-refractivity contribution is 6.30. The van der Waals surface area contributed by atoms with Crippen molar-refractivity contribution in [3.05, 3.63) is 47.1 Å². The van der Waals surface area contributed by atoms with E-state index in [0.29, 0.717) is 19.0 Å². The lowest BCUT2D eigenvalue weighted by molar-refractivity contribution is 0.115. The van der Waals surface area contributed by atoms with E-state index in [0.717, 1.165) is 23.6 Å². The summed E-state index contributed by atoms with van der Waals surface area (Å²) in [7, 11) is 0. The average Bonchev–Trinajstić information content (AvgIpc) is 2.75. The summed E-state index contributed by atoms with van der Waals surface area (Å²) in [4.78, 5) is 0. The highest BCUT2D eigenvalue weighted by atomic mass is 35.5. The number of hydrogen-bond donors (Lipinski definition) is 1. The molecule has 0 bridgehead atoms. The molecule has 1 heterocycles. The summed E-state index contributed by atoms with van der Waals surface area (Å²) >= 11 is 5.89. The Labute approximate surface area is 111 Å². The molecule has 1 aromatic heterocycles. The van der Waals surface area contributed by atoms with Gasteiger partial charge >= 0.3 is 0 Å². The normalized spacial score (nSPS) is 10.7. The van der Waals surface area contributed by atoms with Crippen LogP contribution < -0.4 is 5.73 Å². The molecule has 0 radical (unpaired) electrons. The van der Waals surface area contributed by atoms with Gasteiger partial charge < -0.3 is 10.5 Å². The van der Waals surface area contributed by atoms with Crippen LogP contribution in [0, 0.1) is 0 Å². The standard InChI is InChI=1S/C13H16ClN3O/c14-12-4-1-3-11(9-12)10-18-8-2-6-17-7-5-13(15)16-17/h1,3-5,7,9H,2,6,8,10H2,(H2,15,16). The van der Waals surface area contributed by atoms with E-state index in [4.69, 9.17) is 22.1 Å². The van der Waals surface area contributed by atoms with Crippen LogP contribution in [0.3, 0.4) is 0 Å². The number of halogens is 1. The van der Waals surface area contributed by atoms with E-state index in [9.17, 15) is 0 Å². The highest BCUT2D eigenvalue weighted by Crippen LogP contribution is 2.11. The van der Waals surface area contributed by atoms with Crippen LogP contribution in [-0.4, -0.2) is 16.4 Å². The third kappa shape index (κ3) is 4.05. The number of aryl methyl sites for hydroxylation is 1.